The third kappa shape index (κ3) is 4.26. The van der Waals surface area contributed by atoms with E-state index in [9.17, 15) is 9.50 Å². The van der Waals surface area contributed by atoms with Gasteiger partial charge in [-0.15, -0.1) is 0 Å². The number of halogens is 2. The van der Waals surface area contributed by atoms with Gasteiger partial charge in [-0.3, -0.25) is 0 Å². The Kier molecular flexibility index (Phi) is 5.86. The fourth-order valence-corrected chi connectivity index (χ4v) is 6.23. The molecule has 3 aliphatic rings. The number of aromatic hydroxyl groups is 1. The lowest BCUT2D eigenvalue weighted by Gasteiger charge is -2.34. The third-order valence-corrected chi connectivity index (χ3v) is 8.17. The highest BCUT2D eigenvalue weighted by atomic mass is 19.1. The maximum Gasteiger partial charge on any atom is 0.324 e. The van der Waals surface area contributed by atoms with E-state index in [1.54, 1.807) is 6.07 Å². The number of anilines is 1. The summed E-state index contributed by atoms with van der Waals surface area (Å²) in [7, 11) is 2.07. The molecule has 2 N–H and O–H groups in total. The van der Waals surface area contributed by atoms with Crippen molar-refractivity contribution in [3.63, 3.8) is 0 Å². The number of ether oxygens (including phenoxy) is 1. The zero-order valence-electron chi connectivity index (χ0n) is 21.6. The van der Waals surface area contributed by atoms with Gasteiger partial charge in [0.05, 0.1) is 5.56 Å². The lowest BCUT2D eigenvalue weighted by atomic mass is 9.99. The van der Waals surface area contributed by atoms with Gasteiger partial charge in [0.2, 0.25) is 0 Å². The van der Waals surface area contributed by atoms with Crippen LogP contribution in [0.4, 0.5) is 14.6 Å². The number of piperazine rings is 1. The van der Waals surface area contributed by atoms with Gasteiger partial charge in [0.1, 0.15) is 28.7 Å². The van der Waals surface area contributed by atoms with Gasteiger partial charge in [-0.2, -0.15) is 9.97 Å². The maximum absolute atomic E-state index is 16.2. The number of rotatable bonds is 4. The Morgan fingerprint density at radius 2 is 1.79 bits per heavy atom. The maximum atomic E-state index is 16.2. The first kappa shape index (κ1) is 24.2. The van der Waals surface area contributed by atoms with Crippen molar-refractivity contribution < 1.29 is 18.6 Å². The van der Waals surface area contributed by atoms with Crippen LogP contribution in [0.15, 0.2) is 48.5 Å². The van der Waals surface area contributed by atoms with Gasteiger partial charge in [-0.1, -0.05) is 24.3 Å². The van der Waals surface area contributed by atoms with Gasteiger partial charge in [0.15, 0.2) is 5.82 Å². The molecule has 200 valence electrons. The quantitative estimate of drug-likeness (QED) is 0.385. The van der Waals surface area contributed by atoms with Crippen molar-refractivity contribution in [1.29, 1.82) is 0 Å². The average molecular weight is 530 g/mol. The molecule has 0 amide bonds. The number of phenolic OH excluding ortho intramolecular Hbond substituents is 1. The predicted molar refractivity (Wildman–Crippen MR) is 145 cm³/mol. The zero-order valence-corrected chi connectivity index (χ0v) is 21.6. The van der Waals surface area contributed by atoms with Crippen molar-refractivity contribution in [3.05, 3.63) is 71.3 Å². The molecule has 2 bridgehead atoms. The van der Waals surface area contributed by atoms with E-state index in [2.05, 4.69) is 33.2 Å². The first-order valence-corrected chi connectivity index (χ1v) is 13.4. The Bertz CT molecular complexity index is 1560. The molecule has 4 heterocycles. The second kappa shape index (κ2) is 9.43. The number of nitrogens with one attached hydrogen (secondary N) is 1. The lowest BCUT2D eigenvalue weighted by molar-refractivity contribution is 0.304. The summed E-state index contributed by atoms with van der Waals surface area (Å²) in [5.41, 5.74) is 2.06. The van der Waals surface area contributed by atoms with Gasteiger partial charge in [0, 0.05) is 54.8 Å². The van der Waals surface area contributed by atoms with Crippen molar-refractivity contribution >= 4 is 16.7 Å². The molecule has 7 rings (SSSR count). The largest absolute Gasteiger partial charge is 0.507 e. The summed E-state index contributed by atoms with van der Waals surface area (Å²) >= 11 is 0. The fraction of sp³-hybridized carbons (Fsp3) is 0.333. The number of hydrogen-bond donors (Lipinski definition) is 2. The van der Waals surface area contributed by atoms with Gasteiger partial charge < -0.3 is 25.0 Å². The predicted octanol–water partition coefficient (Wildman–Crippen LogP) is 5.00. The number of aromatic nitrogens is 2. The van der Waals surface area contributed by atoms with Gasteiger partial charge in [-0.25, -0.2) is 8.78 Å². The number of likely N-dealkylation sites (N-methyl/N-ethyl adjacent to an activating group) is 1. The SMILES string of the molecule is CN1CCc2cccc(Oc3nc(N4C[C@H]5CC[C@@H](C4)N5)c4ccc(-c5c(O)cccc5F)c(F)c4n3)c2C1. The van der Waals surface area contributed by atoms with E-state index < -0.39 is 11.6 Å². The van der Waals surface area contributed by atoms with E-state index in [1.807, 2.05) is 12.1 Å². The van der Waals surface area contributed by atoms with E-state index in [1.165, 1.54) is 29.8 Å². The second-order valence-electron chi connectivity index (χ2n) is 10.8. The van der Waals surface area contributed by atoms with Crippen molar-refractivity contribution in [3.8, 4) is 28.6 Å². The molecule has 9 heteroatoms. The van der Waals surface area contributed by atoms with E-state index >= 15 is 4.39 Å². The number of fused-ring (bicyclic) bond motifs is 4. The smallest absolute Gasteiger partial charge is 0.324 e. The second-order valence-corrected chi connectivity index (χ2v) is 10.8. The van der Waals surface area contributed by atoms with Crippen molar-refractivity contribution in [2.24, 2.45) is 0 Å². The lowest BCUT2D eigenvalue weighted by Crippen LogP contribution is -2.51. The summed E-state index contributed by atoms with van der Waals surface area (Å²) in [6, 6.07) is 13.8. The molecule has 0 radical (unpaired) electrons. The highest BCUT2D eigenvalue weighted by molar-refractivity contribution is 5.94. The Hall–Kier alpha value is -3.82. The van der Waals surface area contributed by atoms with Crippen LogP contribution in [0.3, 0.4) is 0 Å². The molecule has 4 aromatic rings. The average Bonchev–Trinajstić information content (AvgIpc) is 3.27. The molecule has 2 fully saturated rings. The van der Waals surface area contributed by atoms with E-state index in [0.717, 1.165) is 51.0 Å². The van der Waals surface area contributed by atoms with Crippen LogP contribution in [-0.4, -0.2) is 58.7 Å². The van der Waals surface area contributed by atoms with Gasteiger partial charge >= 0.3 is 6.01 Å². The molecule has 0 saturated carbocycles. The van der Waals surface area contributed by atoms with Gasteiger partial charge in [0.25, 0.3) is 0 Å². The van der Waals surface area contributed by atoms with E-state index in [-0.39, 0.29) is 28.4 Å². The van der Waals surface area contributed by atoms with Crippen LogP contribution < -0.4 is 15.0 Å². The molecule has 2 atom stereocenters. The molecule has 39 heavy (non-hydrogen) atoms. The van der Waals surface area contributed by atoms with Crippen LogP contribution in [0.1, 0.15) is 24.0 Å². The van der Waals surface area contributed by atoms with Crippen molar-refractivity contribution in [2.45, 2.75) is 37.9 Å². The third-order valence-electron chi connectivity index (χ3n) is 8.17. The van der Waals surface area contributed by atoms with Crippen LogP contribution in [0.5, 0.6) is 17.5 Å². The van der Waals surface area contributed by atoms with Gasteiger partial charge in [-0.05, 0) is 56.1 Å². The standard InChI is InChI=1S/C30H29F2N5O2/c1-36-13-12-17-4-2-7-25(22(17)16-36)39-30-34-28-21(29(35-30)37-14-18-8-9-19(15-37)33-18)11-10-20(27(28)32)26-23(31)5-3-6-24(26)38/h2-7,10-11,18-19,33,38H,8-9,12-16H2,1H3/t18-,19+. The van der Waals surface area contributed by atoms with Crippen LogP contribution in [-0.2, 0) is 13.0 Å². The first-order chi connectivity index (χ1) is 18.9. The highest BCUT2D eigenvalue weighted by Crippen LogP contribution is 2.40. The number of phenols is 1. The molecule has 2 saturated heterocycles. The number of nitrogens with zero attached hydrogens (tertiary/aromatic N) is 4. The molecule has 1 aromatic heterocycles. The number of hydrogen-bond acceptors (Lipinski definition) is 7. The molecule has 3 aromatic carbocycles. The van der Waals surface area contributed by atoms with Crippen LogP contribution in [0.25, 0.3) is 22.0 Å². The normalized spacial score (nSPS) is 20.8. The molecular formula is C30H29F2N5O2. The minimum Gasteiger partial charge on any atom is -0.507 e. The Morgan fingerprint density at radius 1 is 1.00 bits per heavy atom. The Labute approximate surface area is 225 Å². The minimum absolute atomic E-state index is 0.0305. The summed E-state index contributed by atoms with van der Waals surface area (Å²) in [6.07, 6.45) is 3.09. The van der Waals surface area contributed by atoms with Crippen LogP contribution >= 0.6 is 0 Å². The van der Waals surface area contributed by atoms with Crippen LogP contribution in [0, 0.1) is 11.6 Å². The van der Waals surface area contributed by atoms with E-state index in [0.29, 0.717) is 29.0 Å². The molecule has 0 aliphatic carbocycles. The highest BCUT2D eigenvalue weighted by Gasteiger charge is 2.34. The summed E-state index contributed by atoms with van der Waals surface area (Å²) < 4.78 is 37.2. The summed E-state index contributed by atoms with van der Waals surface area (Å²) in [4.78, 5) is 13.7. The first-order valence-electron chi connectivity index (χ1n) is 13.4. The monoisotopic (exact) mass is 529 g/mol. The summed E-state index contributed by atoms with van der Waals surface area (Å²) in [5, 5.41) is 14.5. The zero-order chi connectivity index (χ0) is 26.7. The molecule has 0 spiro atoms. The van der Waals surface area contributed by atoms with Crippen molar-refractivity contribution in [1.82, 2.24) is 20.2 Å². The molecule has 3 aliphatic heterocycles. The van der Waals surface area contributed by atoms with Crippen molar-refractivity contribution in [2.75, 3.05) is 31.6 Å². The summed E-state index contributed by atoms with van der Waals surface area (Å²) in [5.74, 6) is -0.531. The minimum atomic E-state index is -0.727. The molecule has 7 nitrogen and oxygen atoms in total. The number of benzene rings is 3. The van der Waals surface area contributed by atoms with E-state index in [4.69, 9.17) is 9.72 Å². The summed E-state index contributed by atoms with van der Waals surface area (Å²) in [6.45, 7) is 3.18. The Balaban J connectivity index is 1.39. The topological polar surface area (TPSA) is 73.8 Å². The Morgan fingerprint density at radius 3 is 2.59 bits per heavy atom. The fourth-order valence-electron chi connectivity index (χ4n) is 6.23. The molecule has 0 unspecified atom stereocenters. The van der Waals surface area contributed by atoms with Crippen LogP contribution in [0.2, 0.25) is 0 Å². The molecular weight excluding hydrogens is 500 g/mol.